The molecule has 3 aromatic rings. The topological polar surface area (TPSA) is 266 Å². The zero-order chi connectivity index (χ0) is 44.1. The second-order valence-electron chi connectivity index (χ2n) is 14.2. The van der Waals surface area contributed by atoms with E-state index >= 15 is 0 Å². The minimum absolute atomic E-state index is 0.000201. The van der Waals surface area contributed by atoms with Gasteiger partial charge < -0.3 is 47.2 Å². The summed E-state index contributed by atoms with van der Waals surface area (Å²) in [5.74, 6) is -4.53. The van der Waals surface area contributed by atoms with Crippen LogP contribution in [0.2, 0.25) is 0 Å². The lowest BCUT2D eigenvalue weighted by molar-refractivity contribution is 0.0921. The molecule has 0 spiro atoms. The smallest absolute Gasteiger partial charge is 0.255 e. The average Bonchev–Trinajstić information content (AvgIpc) is 3.25. The van der Waals surface area contributed by atoms with Crippen molar-refractivity contribution in [1.29, 1.82) is 0 Å². The van der Waals surface area contributed by atoms with E-state index < -0.39 is 52.7 Å². The molecular weight excluding hydrogens is 789 g/mol. The van der Waals surface area contributed by atoms with Crippen molar-refractivity contribution >= 4 is 35.4 Å². The van der Waals surface area contributed by atoms with Gasteiger partial charge >= 0.3 is 0 Å². The number of phenolic OH excluding ortho intramolecular Hbond substituents is 3. The summed E-state index contributed by atoms with van der Waals surface area (Å²) >= 11 is 0. The fourth-order valence-electron chi connectivity index (χ4n) is 6.34. The van der Waals surface area contributed by atoms with E-state index in [1.807, 2.05) is 18.7 Å². The zero-order valence-corrected chi connectivity index (χ0v) is 34.7. The first kappa shape index (κ1) is 47.4. The number of carbonyl (C=O) groups excluding carboxylic acids is 6. The van der Waals surface area contributed by atoms with Crippen LogP contribution in [0.5, 0.6) is 17.2 Å². The maximum Gasteiger partial charge on any atom is 0.255 e. The van der Waals surface area contributed by atoms with Gasteiger partial charge in [-0.3, -0.25) is 49.4 Å². The molecule has 0 unspecified atom stereocenters. The van der Waals surface area contributed by atoms with Gasteiger partial charge in [0.2, 0.25) is 0 Å². The van der Waals surface area contributed by atoms with Crippen LogP contribution in [0.4, 0.5) is 0 Å². The number of hydrazine groups is 1. The van der Waals surface area contributed by atoms with Gasteiger partial charge in [-0.2, -0.15) is 0 Å². The SMILES string of the molecule is CCCNC(=O)c1cccc(C(=O)NCCN2CCNNCCNC(=O)c3cccc(c3O)C(=O)NCCN(CCNC(=O)c3cccc(C(=O)NCCC)c3O)CC2)c1O. The van der Waals surface area contributed by atoms with Crippen molar-refractivity contribution in [2.45, 2.75) is 26.7 Å². The minimum Gasteiger partial charge on any atom is -0.506 e. The van der Waals surface area contributed by atoms with Crippen molar-refractivity contribution < 1.29 is 44.1 Å². The third-order valence-corrected chi connectivity index (χ3v) is 9.73. The number of rotatable bonds is 14. The highest BCUT2D eigenvalue weighted by Crippen LogP contribution is 2.24. The maximum absolute atomic E-state index is 13.2. The molecule has 0 saturated heterocycles. The second kappa shape index (κ2) is 24.7. The Hall–Kier alpha value is -6.28. The van der Waals surface area contributed by atoms with Crippen molar-refractivity contribution in [3.05, 3.63) is 88.0 Å². The molecular formula is C42H58N10O9. The lowest BCUT2D eigenvalue weighted by atomic mass is 10.1. The standard InChI is InChI=1S/C42H58N10O9/c1-3-14-43-37(56)28-8-5-11-31(34(28)53)40(59)46-18-22-51-23-19-47-42(61)33-13-7-10-30(36(33)55)39(58)45-16-17-49-50-21-25-52(27-26-51)24-20-48-41(60)32-12-6-9-29(35(32)54)38(57)44-15-4-2/h5-13,49-50,53-55H,3-4,14-27H2,1-2H3,(H,43,56)(H,44,57)(H,45,58)(H,46,59)(H,47,61)(H,48,60). The molecule has 19 nitrogen and oxygen atoms in total. The van der Waals surface area contributed by atoms with Crippen LogP contribution in [0.25, 0.3) is 0 Å². The summed E-state index contributed by atoms with van der Waals surface area (Å²) in [5, 5.41) is 48.9. The zero-order valence-electron chi connectivity index (χ0n) is 34.7. The Bertz CT molecular complexity index is 2000. The van der Waals surface area contributed by atoms with E-state index in [9.17, 15) is 44.1 Å². The number of hydrogen-bond acceptors (Lipinski definition) is 13. The van der Waals surface area contributed by atoms with Gasteiger partial charge in [-0.15, -0.1) is 0 Å². The van der Waals surface area contributed by atoms with E-state index in [2.05, 4.69) is 47.7 Å². The maximum atomic E-state index is 13.2. The number of benzene rings is 3. The summed E-state index contributed by atoms with van der Waals surface area (Å²) in [7, 11) is 0. The summed E-state index contributed by atoms with van der Waals surface area (Å²) in [4.78, 5) is 81.6. The van der Waals surface area contributed by atoms with Gasteiger partial charge in [-0.25, -0.2) is 0 Å². The van der Waals surface area contributed by atoms with Crippen LogP contribution < -0.4 is 42.8 Å². The predicted octanol–water partition coefficient (Wildman–Crippen LogP) is 0.114. The molecule has 330 valence electrons. The van der Waals surface area contributed by atoms with Gasteiger partial charge in [0.25, 0.3) is 35.4 Å². The van der Waals surface area contributed by atoms with Gasteiger partial charge in [-0.05, 0) is 49.2 Å². The second-order valence-corrected chi connectivity index (χ2v) is 14.2. The van der Waals surface area contributed by atoms with Crippen LogP contribution in [0, 0.1) is 0 Å². The van der Waals surface area contributed by atoms with Crippen molar-refractivity contribution in [2.75, 3.05) is 91.6 Å². The molecule has 0 radical (unpaired) electrons. The Morgan fingerprint density at radius 3 is 1.33 bits per heavy atom. The van der Waals surface area contributed by atoms with Crippen LogP contribution in [0.1, 0.15) is 88.8 Å². The highest BCUT2D eigenvalue weighted by atomic mass is 16.3. The number of carbonyl (C=O) groups is 6. The highest BCUT2D eigenvalue weighted by Gasteiger charge is 2.22. The molecule has 1 aliphatic heterocycles. The molecule has 11 N–H and O–H groups in total. The van der Waals surface area contributed by atoms with Gasteiger partial charge in [0.05, 0.1) is 33.4 Å². The van der Waals surface area contributed by atoms with Crippen LogP contribution in [0.3, 0.4) is 0 Å². The largest absolute Gasteiger partial charge is 0.506 e. The van der Waals surface area contributed by atoms with E-state index in [4.69, 9.17) is 0 Å². The van der Waals surface area contributed by atoms with E-state index in [-0.39, 0.29) is 59.6 Å². The Labute approximate surface area is 355 Å². The van der Waals surface area contributed by atoms with Crippen LogP contribution in [0.15, 0.2) is 54.6 Å². The molecule has 19 heteroatoms. The molecule has 6 amide bonds. The van der Waals surface area contributed by atoms with Crippen LogP contribution >= 0.6 is 0 Å². The Kier molecular flexibility index (Phi) is 19.2. The average molecular weight is 847 g/mol. The molecule has 1 heterocycles. The van der Waals surface area contributed by atoms with Crippen molar-refractivity contribution in [1.82, 2.24) is 52.6 Å². The van der Waals surface area contributed by atoms with Gasteiger partial charge in [0.1, 0.15) is 17.2 Å². The number of aromatic hydroxyl groups is 3. The molecule has 0 saturated carbocycles. The Morgan fingerprint density at radius 1 is 0.508 bits per heavy atom. The molecule has 0 atom stereocenters. The summed E-state index contributed by atoms with van der Waals surface area (Å²) in [5.41, 5.74) is 5.94. The van der Waals surface area contributed by atoms with Gasteiger partial charge in [0.15, 0.2) is 0 Å². The van der Waals surface area contributed by atoms with E-state index in [1.165, 1.54) is 54.6 Å². The summed E-state index contributed by atoms with van der Waals surface area (Å²) in [6.07, 6.45) is 1.41. The third kappa shape index (κ3) is 14.2. The molecule has 0 aliphatic carbocycles. The number of hydrogen-bond donors (Lipinski definition) is 11. The van der Waals surface area contributed by atoms with E-state index in [1.54, 1.807) is 0 Å². The lowest BCUT2D eigenvalue weighted by Gasteiger charge is -2.28. The molecule has 2 bridgehead atoms. The number of amides is 6. The molecule has 1 aliphatic rings. The first-order valence-electron chi connectivity index (χ1n) is 20.5. The fraction of sp³-hybridized carbons (Fsp3) is 0.429. The summed E-state index contributed by atoms with van der Waals surface area (Å²) in [6, 6.07) is 13.1. The first-order valence-corrected chi connectivity index (χ1v) is 20.5. The summed E-state index contributed by atoms with van der Waals surface area (Å²) in [6.45, 7) is 8.57. The Morgan fingerprint density at radius 2 is 0.885 bits per heavy atom. The first-order chi connectivity index (χ1) is 29.5. The quantitative estimate of drug-likeness (QED) is 0.103. The molecule has 3 aromatic carbocycles. The van der Waals surface area contributed by atoms with Crippen molar-refractivity contribution in [2.24, 2.45) is 0 Å². The third-order valence-electron chi connectivity index (χ3n) is 9.73. The van der Waals surface area contributed by atoms with Crippen LogP contribution in [-0.4, -0.2) is 152 Å². The molecule has 0 aromatic heterocycles. The highest BCUT2D eigenvalue weighted by molar-refractivity contribution is 6.05. The monoisotopic (exact) mass is 846 g/mol. The lowest BCUT2D eigenvalue weighted by Crippen LogP contribution is -2.47. The predicted molar refractivity (Wildman–Crippen MR) is 228 cm³/mol. The number of nitrogens with one attached hydrogen (secondary N) is 8. The van der Waals surface area contributed by atoms with Crippen LogP contribution in [-0.2, 0) is 0 Å². The molecule has 61 heavy (non-hydrogen) atoms. The number of fused-ring (bicyclic) bond motifs is 2. The van der Waals surface area contributed by atoms with Crippen molar-refractivity contribution in [3.8, 4) is 17.2 Å². The molecule has 4 rings (SSSR count). The Balaban J connectivity index is 1.46. The van der Waals surface area contributed by atoms with E-state index in [0.29, 0.717) is 78.3 Å². The van der Waals surface area contributed by atoms with E-state index in [0.717, 1.165) is 0 Å². The normalized spacial score (nSPS) is 14.9. The number of phenols is 3. The molecule has 0 fully saturated rings. The minimum atomic E-state index is -0.585. The fourth-order valence-corrected chi connectivity index (χ4v) is 6.34. The number of nitrogens with zero attached hydrogens (tertiary/aromatic N) is 2. The van der Waals surface area contributed by atoms with Crippen molar-refractivity contribution in [3.63, 3.8) is 0 Å². The van der Waals surface area contributed by atoms with Gasteiger partial charge in [-0.1, -0.05) is 32.0 Å². The van der Waals surface area contributed by atoms with Gasteiger partial charge in [0, 0.05) is 91.6 Å². The number of para-hydroxylation sites is 3. The summed E-state index contributed by atoms with van der Waals surface area (Å²) < 4.78 is 0.